The normalized spacial score (nSPS) is 23.3. The maximum Gasteiger partial charge on any atom is 0.325 e. The number of aromatic nitrogens is 1. The van der Waals surface area contributed by atoms with Gasteiger partial charge in [0.05, 0.1) is 6.54 Å². The third-order valence-corrected chi connectivity index (χ3v) is 5.68. The van der Waals surface area contributed by atoms with E-state index in [0.717, 1.165) is 11.3 Å². The van der Waals surface area contributed by atoms with Crippen LogP contribution in [0, 0.1) is 6.92 Å². The molecule has 7 heteroatoms. The van der Waals surface area contributed by atoms with Crippen LogP contribution in [0.5, 0.6) is 0 Å². The molecular weight excluding hydrogens is 326 g/mol. The molecule has 2 saturated heterocycles. The van der Waals surface area contributed by atoms with Crippen LogP contribution in [-0.4, -0.2) is 38.9 Å². The molecule has 6 nitrogen and oxygen atoms in total. The van der Waals surface area contributed by atoms with E-state index in [1.165, 1.54) is 4.90 Å². The zero-order chi connectivity index (χ0) is 16.7. The minimum absolute atomic E-state index is 0.138. The fourth-order valence-corrected chi connectivity index (χ4v) is 4.41. The molecule has 0 aliphatic carbocycles. The van der Waals surface area contributed by atoms with Crippen molar-refractivity contribution in [3.63, 3.8) is 0 Å². The van der Waals surface area contributed by atoms with Crippen molar-refractivity contribution in [1.29, 1.82) is 0 Å². The molecule has 1 spiro atoms. The quantitative estimate of drug-likeness (QED) is 0.867. The van der Waals surface area contributed by atoms with Gasteiger partial charge in [-0.25, -0.2) is 9.78 Å². The summed E-state index contributed by atoms with van der Waals surface area (Å²) in [6, 6.07) is 9.22. The molecule has 1 N–H and O–H groups in total. The van der Waals surface area contributed by atoms with Crippen LogP contribution in [0.1, 0.15) is 17.9 Å². The summed E-state index contributed by atoms with van der Waals surface area (Å²) < 4.78 is 5.71. The Morgan fingerprint density at radius 2 is 2.12 bits per heavy atom. The number of imide groups is 1. The van der Waals surface area contributed by atoms with Crippen LogP contribution < -0.4 is 5.32 Å². The summed E-state index contributed by atoms with van der Waals surface area (Å²) in [5, 5.41) is 2.87. The highest BCUT2D eigenvalue weighted by molar-refractivity contribution is 7.99. The average Bonchev–Trinajstić information content (AvgIpc) is 3.25. The van der Waals surface area contributed by atoms with Gasteiger partial charge in [0.15, 0.2) is 0 Å². The van der Waals surface area contributed by atoms with Gasteiger partial charge in [-0.05, 0) is 31.2 Å². The Bertz CT molecular complexity index is 797. The summed E-state index contributed by atoms with van der Waals surface area (Å²) in [4.78, 5) is 30.7. The van der Waals surface area contributed by atoms with Gasteiger partial charge in [-0.15, -0.1) is 0 Å². The number of hydrogen-bond donors (Lipinski definition) is 1. The number of nitrogens with zero attached hydrogens (tertiary/aromatic N) is 2. The molecular formula is C17H17N3O3S. The Balaban J connectivity index is 1.59. The first-order valence-electron chi connectivity index (χ1n) is 7.83. The van der Waals surface area contributed by atoms with Gasteiger partial charge >= 0.3 is 6.03 Å². The Hall–Kier alpha value is -2.28. The average molecular weight is 343 g/mol. The van der Waals surface area contributed by atoms with Crippen LogP contribution in [0.2, 0.25) is 0 Å². The second-order valence-corrected chi connectivity index (χ2v) is 7.20. The zero-order valence-electron chi connectivity index (χ0n) is 13.2. The summed E-state index contributed by atoms with van der Waals surface area (Å²) >= 11 is 1.69. The molecule has 2 aliphatic heterocycles. The SMILES string of the molecule is Cc1oc(-c2ccccc2)nc1CN1C(=O)N[C@@]2(CCSC2)C1=O. The Morgan fingerprint density at radius 1 is 1.33 bits per heavy atom. The molecule has 1 atom stereocenters. The lowest BCUT2D eigenvalue weighted by molar-refractivity contribution is -0.130. The second-order valence-electron chi connectivity index (χ2n) is 6.09. The molecule has 1 aromatic heterocycles. The fraction of sp³-hybridized carbons (Fsp3) is 0.353. The van der Waals surface area contributed by atoms with Crippen molar-refractivity contribution >= 4 is 23.7 Å². The Morgan fingerprint density at radius 3 is 2.83 bits per heavy atom. The van der Waals surface area contributed by atoms with Crippen molar-refractivity contribution < 1.29 is 14.0 Å². The second kappa shape index (κ2) is 5.66. The molecule has 3 heterocycles. The lowest BCUT2D eigenvalue weighted by Crippen LogP contribution is -2.46. The molecule has 0 saturated carbocycles. The molecule has 0 bridgehead atoms. The number of carbonyl (C=O) groups excluding carboxylic acids is 2. The summed E-state index contributed by atoms with van der Waals surface area (Å²) in [5.74, 6) is 2.50. The molecule has 1 aromatic carbocycles. The predicted octanol–water partition coefficient (Wildman–Crippen LogP) is 2.58. The van der Waals surface area contributed by atoms with E-state index in [4.69, 9.17) is 4.42 Å². The van der Waals surface area contributed by atoms with Crippen molar-refractivity contribution in [3.8, 4) is 11.5 Å². The lowest BCUT2D eigenvalue weighted by Gasteiger charge is -2.18. The Kier molecular flexibility index (Phi) is 3.60. The van der Waals surface area contributed by atoms with E-state index < -0.39 is 5.54 Å². The number of amides is 3. The third-order valence-electron chi connectivity index (χ3n) is 4.49. The van der Waals surface area contributed by atoms with Gasteiger partial charge in [0.25, 0.3) is 5.91 Å². The van der Waals surface area contributed by atoms with Crippen LogP contribution >= 0.6 is 11.8 Å². The highest BCUT2D eigenvalue weighted by atomic mass is 32.2. The molecule has 24 heavy (non-hydrogen) atoms. The summed E-state index contributed by atoms with van der Waals surface area (Å²) in [5.41, 5.74) is 0.759. The zero-order valence-corrected chi connectivity index (χ0v) is 14.1. The van der Waals surface area contributed by atoms with Gasteiger partial charge in [-0.1, -0.05) is 18.2 Å². The number of thioether (sulfide) groups is 1. The van der Waals surface area contributed by atoms with E-state index in [1.54, 1.807) is 18.7 Å². The Labute approximate surface area is 143 Å². The number of aryl methyl sites for hydroxylation is 1. The number of hydrogen-bond acceptors (Lipinski definition) is 5. The molecule has 0 unspecified atom stereocenters. The standard InChI is InChI=1S/C17H17N3O3S/c1-11-13(18-14(23-11)12-5-3-2-4-6-12)9-20-15(21)17(19-16(20)22)7-8-24-10-17/h2-6H,7-10H2,1H3,(H,19,22)/t17-/m1/s1. The minimum Gasteiger partial charge on any atom is -0.441 e. The first-order chi connectivity index (χ1) is 11.6. The minimum atomic E-state index is -0.721. The summed E-state index contributed by atoms with van der Waals surface area (Å²) in [7, 11) is 0. The van der Waals surface area contributed by atoms with E-state index in [2.05, 4.69) is 10.3 Å². The molecule has 0 radical (unpaired) electrons. The van der Waals surface area contributed by atoms with Gasteiger partial charge in [0.2, 0.25) is 5.89 Å². The van der Waals surface area contributed by atoms with Crippen LogP contribution in [0.25, 0.3) is 11.5 Å². The number of oxazole rings is 1. The third kappa shape index (κ3) is 2.39. The lowest BCUT2D eigenvalue weighted by atomic mass is 9.99. The van der Waals surface area contributed by atoms with Crippen molar-refractivity contribution in [3.05, 3.63) is 41.8 Å². The van der Waals surface area contributed by atoms with E-state index in [-0.39, 0.29) is 18.5 Å². The number of benzene rings is 1. The molecule has 124 valence electrons. The van der Waals surface area contributed by atoms with Gasteiger partial charge in [0, 0.05) is 11.3 Å². The fourth-order valence-electron chi connectivity index (χ4n) is 3.08. The molecule has 2 aliphatic rings. The van der Waals surface area contributed by atoms with Crippen LogP contribution in [-0.2, 0) is 11.3 Å². The van der Waals surface area contributed by atoms with Crippen molar-refractivity contribution in [2.24, 2.45) is 0 Å². The number of carbonyl (C=O) groups is 2. The van der Waals surface area contributed by atoms with Gasteiger partial charge in [-0.3, -0.25) is 9.69 Å². The maximum absolute atomic E-state index is 12.7. The molecule has 4 rings (SSSR count). The topological polar surface area (TPSA) is 75.4 Å². The number of urea groups is 1. The van der Waals surface area contributed by atoms with Gasteiger partial charge in [0.1, 0.15) is 17.0 Å². The first kappa shape index (κ1) is 15.3. The van der Waals surface area contributed by atoms with Crippen molar-refractivity contribution in [1.82, 2.24) is 15.2 Å². The van der Waals surface area contributed by atoms with E-state index in [9.17, 15) is 9.59 Å². The smallest absolute Gasteiger partial charge is 0.325 e. The largest absolute Gasteiger partial charge is 0.441 e. The predicted molar refractivity (Wildman–Crippen MR) is 90.4 cm³/mol. The van der Waals surface area contributed by atoms with E-state index in [1.807, 2.05) is 30.3 Å². The van der Waals surface area contributed by atoms with E-state index >= 15 is 0 Å². The molecule has 2 aromatic rings. The molecule has 3 amide bonds. The van der Waals surface area contributed by atoms with E-state index in [0.29, 0.717) is 29.5 Å². The summed E-state index contributed by atoms with van der Waals surface area (Å²) in [6.45, 7) is 1.94. The highest BCUT2D eigenvalue weighted by Crippen LogP contribution is 2.34. The van der Waals surface area contributed by atoms with Gasteiger partial charge < -0.3 is 9.73 Å². The number of rotatable bonds is 3. The highest BCUT2D eigenvalue weighted by Gasteiger charge is 2.53. The molecule has 2 fully saturated rings. The van der Waals surface area contributed by atoms with Crippen LogP contribution in [0.4, 0.5) is 4.79 Å². The van der Waals surface area contributed by atoms with Crippen LogP contribution in [0.3, 0.4) is 0 Å². The van der Waals surface area contributed by atoms with Crippen LogP contribution in [0.15, 0.2) is 34.7 Å². The van der Waals surface area contributed by atoms with Crippen molar-refractivity contribution in [2.45, 2.75) is 25.4 Å². The maximum atomic E-state index is 12.7. The monoisotopic (exact) mass is 343 g/mol. The van der Waals surface area contributed by atoms with Gasteiger partial charge in [-0.2, -0.15) is 11.8 Å². The first-order valence-corrected chi connectivity index (χ1v) is 8.98. The number of nitrogens with one attached hydrogen (secondary N) is 1. The summed E-state index contributed by atoms with van der Waals surface area (Å²) in [6.07, 6.45) is 0.686. The van der Waals surface area contributed by atoms with Crippen molar-refractivity contribution in [2.75, 3.05) is 11.5 Å².